The third-order valence-corrected chi connectivity index (χ3v) is 16.3. The van der Waals surface area contributed by atoms with Crippen LogP contribution in [0.5, 0.6) is 0 Å². The molecule has 0 bridgehead atoms. The molecule has 0 aliphatic rings. The van der Waals surface area contributed by atoms with E-state index in [0.29, 0.717) is 12.5 Å². The molecule has 0 spiro atoms. The minimum absolute atomic E-state index is 0.371. The van der Waals surface area contributed by atoms with Crippen LogP contribution in [0.4, 0.5) is 0 Å². The van der Waals surface area contributed by atoms with Gasteiger partial charge in [0, 0.05) is 0 Å². The molecule has 0 aromatic heterocycles. The van der Waals surface area contributed by atoms with Gasteiger partial charge in [0.2, 0.25) is 0 Å². The molecule has 0 N–H and O–H groups in total. The van der Waals surface area contributed by atoms with Crippen LogP contribution < -0.4 is 13.2 Å². The van der Waals surface area contributed by atoms with Gasteiger partial charge in [-0.2, -0.15) is 0 Å². The summed E-state index contributed by atoms with van der Waals surface area (Å²) in [4.78, 5) is 0. The monoisotopic (exact) mass is 494 g/mol. The summed E-state index contributed by atoms with van der Waals surface area (Å²) in [5, 5.41) is 1.07. The average molecular weight is 493 g/mol. The molecule has 0 fully saturated rings. The molecule has 1 unspecified atom stereocenters. The Hall–Kier alpha value is -2.88. The van der Waals surface area contributed by atoms with E-state index in [9.17, 15) is 0 Å². The molecule has 4 aromatic rings. The first-order valence-corrected chi connectivity index (χ1v) is 16.4. The topological polar surface area (TPSA) is 9.23 Å². The molecule has 0 saturated heterocycles. The number of hydrogen-bond acceptors (Lipinski definition) is 1. The van der Waals surface area contributed by atoms with Crippen LogP contribution in [-0.2, 0) is 11.3 Å². The van der Waals surface area contributed by atoms with E-state index in [1.807, 2.05) is 6.07 Å². The first kappa shape index (κ1) is 23.3. The zero-order chi connectivity index (χ0) is 22.8. The second-order valence-electron chi connectivity index (χ2n) is 8.61. The van der Waals surface area contributed by atoms with E-state index in [0.717, 1.165) is 11.9 Å². The van der Waals surface area contributed by atoms with E-state index in [1.165, 1.54) is 18.8 Å². The Labute approximate surface area is 201 Å². The van der Waals surface area contributed by atoms with Gasteiger partial charge < -0.3 is 0 Å². The Kier molecular flexibility index (Phi) is 8.35. The molecule has 0 radical (unpaired) electrons. The molecule has 166 valence electrons. The van der Waals surface area contributed by atoms with E-state index >= 15 is 0 Å². The third-order valence-electron chi connectivity index (χ3n) is 6.18. The standard InChI is InChI=1S/C31H32GeO/c1-27(25-33-26-28-16-6-2-7-17-28)15-14-24-32(29-18-8-3-9-19-29,30-20-10-4-11-21-30)31-22-12-5-13-23-31/h2-23,27H,24-26H2,1H3/b15-14+. The third kappa shape index (κ3) is 5.93. The van der Waals surface area contributed by atoms with Gasteiger partial charge in [0.05, 0.1) is 0 Å². The van der Waals surface area contributed by atoms with Crippen molar-refractivity contribution < 1.29 is 4.74 Å². The van der Waals surface area contributed by atoms with Crippen molar-refractivity contribution in [2.45, 2.75) is 18.8 Å². The van der Waals surface area contributed by atoms with Gasteiger partial charge in [-0.15, -0.1) is 0 Å². The summed E-state index contributed by atoms with van der Waals surface area (Å²) in [5.74, 6) is 0.371. The SMILES string of the molecule is CC(/C=C/[CH2][Ge]([c]1ccccc1)([c]1ccccc1)[c]1ccccc1)COCc1ccccc1. The maximum atomic E-state index is 5.98. The zero-order valence-electron chi connectivity index (χ0n) is 19.3. The molecular weight excluding hydrogens is 461 g/mol. The number of allylic oxidation sites excluding steroid dienone is 1. The molecule has 0 heterocycles. The van der Waals surface area contributed by atoms with Gasteiger partial charge in [0.1, 0.15) is 0 Å². The predicted octanol–water partition coefficient (Wildman–Crippen LogP) is 5.57. The molecule has 4 rings (SSSR count). The molecule has 0 aliphatic heterocycles. The fourth-order valence-electron chi connectivity index (χ4n) is 4.49. The number of benzene rings is 4. The Balaban J connectivity index is 1.57. The van der Waals surface area contributed by atoms with Crippen molar-refractivity contribution in [3.8, 4) is 0 Å². The fraction of sp³-hybridized carbons (Fsp3) is 0.161. The van der Waals surface area contributed by atoms with Crippen molar-refractivity contribution in [2.24, 2.45) is 5.92 Å². The van der Waals surface area contributed by atoms with Gasteiger partial charge in [-0.25, -0.2) is 0 Å². The summed E-state index contributed by atoms with van der Waals surface area (Å²) in [6, 6.07) is 43.9. The van der Waals surface area contributed by atoms with Crippen molar-refractivity contribution >= 4 is 26.5 Å². The van der Waals surface area contributed by atoms with Crippen molar-refractivity contribution in [3.63, 3.8) is 0 Å². The molecule has 33 heavy (non-hydrogen) atoms. The van der Waals surface area contributed by atoms with Gasteiger partial charge >= 0.3 is 202 Å². The average Bonchev–Trinajstić information content (AvgIpc) is 2.89. The maximum absolute atomic E-state index is 5.98. The first-order chi connectivity index (χ1) is 16.3. The fourth-order valence-corrected chi connectivity index (χ4v) is 13.9. The van der Waals surface area contributed by atoms with E-state index in [-0.39, 0.29) is 0 Å². The van der Waals surface area contributed by atoms with Crippen molar-refractivity contribution in [3.05, 3.63) is 139 Å². The van der Waals surface area contributed by atoms with E-state index in [4.69, 9.17) is 4.74 Å². The predicted molar refractivity (Wildman–Crippen MR) is 143 cm³/mol. The van der Waals surface area contributed by atoms with Gasteiger partial charge in [-0.1, -0.05) is 0 Å². The van der Waals surface area contributed by atoms with E-state index in [1.54, 1.807) is 0 Å². The zero-order valence-corrected chi connectivity index (χ0v) is 21.4. The summed E-state index contributed by atoms with van der Waals surface area (Å²) in [6.45, 7) is 3.63. The molecule has 0 saturated carbocycles. The van der Waals surface area contributed by atoms with Crippen LogP contribution in [-0.4, -0.2) is 19.9 Å². The number of rotatable bonds is 10. The van der Waals surface area contributed by atoms with Gasteiger partial charge in [-0.3, -0.25) is 0 Å². The quantitative estimate of drug-likeness (QED) is 0.208. The van der Waals surface area contributed by atoms with Crippen LogP contribution in [0.2, 0.25) is 5.25 Å². The van der Waals surface area contributed by atoms with Crippen LogP contribution in [0.15, 0.2) is 133 Å². The number of hydrogen-bond donors (Lipinski definition) is 0. The second-order valence-corrected chi connectivity index (χ2v) is 16.9. The second kappa shape index (κ2) is 11.8. The normalized spacial score (nSPS) is 12.6. The molecule has 0 aliphatic carbocycles. The van der Waals surface area contributed by atoms with E-state index < -0.39 is 13.3 Å². The van der Waals surface area contributed by atoms with Gasteiger partial charge in [-0.05, 0) is 0 Å². The van der Waals surface area contributed by atoms with Crippen LogP contribution in [0.25, 0.3) is 0 Å². The van der Waals surface area contributed by atoms with Crippen LogP contribution in [0.1, 0.15) is 12.5 Å². The Morgan fingerprint density at radius 1 is 0.636 bits per heavy atom. The summed E-state index contributed by atoms with van der Waals surface area (Å²) >= 11 is -2.89. The number of ether oxygens (including phenoxy) is 1. The molecular formula is C31H32GeO. The molecule has 4 aromatic carbocycles. The van der Waals surface area contributed by atoms with Crippen LogP contribution in [0, 0.1) is 5.92 Å². The molecule has 2 heteroatoms. The van der Waals surface area contributed by atoms with Gasteiger partial charge in [0.25, 0.3) is 0 Å². The van der Waals surface area contributed by atoms with Gasteiger partial charge in [0.15, 0.2) is 0 Å². The summed E-state index contributed by atoms with van der Waals surface area (Å²) < 4.78 is 10.5. The van der Waals surface area contributed by atoms with Crippen LogP contribution in [0.3, 0.4) is 0 Å². The van der Waals surface area contributed by atoms with Crippen molar-refractivity contribution in [1.29, 1.82) is 0 Å². The summed E-state index contributed by atoms with van der Waals surface area (Å²) in [7, 11) is 0. The van der Waals surface area contributed by atoms with E-state index in [2.05, 4.69) is 134 Å². The molecule has 1 nitrogen and oxygen atoms in total. The summed E-state index contributed by atoms with van der Waals surface area (Å²) in [5.41, 5.74) is 1.22. The minimum atomic E-state index is -2.89. The Morgan fingerprint density at radius 2 is 1.06 bits per heavy atom. The Bertz CT molecular complexity index is 1010. The van der Waals surface area contributed by atoms with Crippen LogP contribution >= 0.6 is 0 Å². The molecule has 1 atom stereocenters. The molecule has 0 amide bonds. The van der Waals surface area contributed by atoms with Crippen molar-refractivity contribution in [2.75, 3.05) is 6.61 Å². The first-order valence-electron chi connectivity index (χ1n) is 11.7. The van der Waals surface area contributed by atoms with Crippen molar-refractivity contribution in [1.82, 2.24) is 0 Å². The summed E-state index contributed by atoms with van der Waals surface area (Å²) in [6.07, 6.45) is 4.77. The Morgan fingerprint density at radius 3 is 1.52 bits per heavy atom.